The molecule has 1 aromatic rings. The minimum Gasteiger partial charge on any atom is -0.399 e. The van der Waals surface area contributed by atoms with E-state index in [0.717, 1.165) is 25.7 Å². The zero-order valence-electron chi connectivity index (χ0n) is 12.2. The molecule has 2 unspecified atom stereocenters. The molecule has 1 saturated carbocycles. The molecule has 0 amide bonds. The number of nitrogen functional groups attached to an aromatic ring is 1. The molecule has 2 rings (SSSR count). The average molecular weight is 313 g/mol. The first-order valence-electron chi connectivity index (χ1n) is 7.08. The molecule has 1 fully saturated rings. The van der Waals surface area contributed by atoms with Crippen molar-refractivity contribution in [3.05, 3.63) is 18.2 Å². The van der Waals surface area contributed by atoms with Crippen LogP contribution in [-0.2, 0) is 10.0 Å². The summed E-state index contributed by atoms with van der Waals surface area (Å²) in [5.74, 6) is 0.492. The standard InChI is InChI=1S/C14H23N3O3S/c1-10-3-2-4-14(18,8-10)9-17-12-5-11(15)6-13(7-12)21(16,19)20/h5-7,10,17-18H,2-4,8-9,15H2,1H3,(H2,16,19,20). The van der Waals surface area contributed by atoms with Gasteiger partial charge in [0, 0.05) is 17.9 Å². The molecule has 0 aromatic heterocycles. The van der Waals surface area contributed by atoms with Gasteiger partial charge in [0.1, 0.15) is 0 Å². The summed E-state index contributed by atoms with van der Waals surface area (Å²) in [4.78, 5) is -0.0333. The number of nitrogens with one attached hydrogen (secondary N) is 1. The van der Waals surface area contributed by atoms with Crippen molar-refractivity contribution in [1.29, 1.82) is 0 Å². The lowest BCUT2D eigenvalue weighted by atomic mass is 9.79. The summed E-state index contributed by atoms with van der Waals surface area (Å²) < 4.78 is 22.8. The van der Waals surface area contributed by atoms with Crippen molar-refractivity contribution >= 4 is 21.4 Å². The van der Waals surface area contributed by atoms with E-state index in [9.17, 15) is 13.5 Å². The Hall–Kier alpha value is -1.31. The fraction of sp³-hybridized carbons (Fsp3) is 0.571. The van der Waals surface area contributed by atoms with Crippen molar-refractivity contribution in [2.75, 3.05) is 17.6 Å². The Kier molecular flexibility index (Phi) is 4.46. The molecule has 0 spiro atoms. The number of rotatable bonds is 4. The third-order valence-electron chi connectivity index (χ3n) is 3.95. The van der Waals surface area contributed by atoms with Gasteiger partial charge in [0.25, 0.3) is 0 Å². The summed E-state index contributed by atoms with van der Waals surface area (Å²) in [7, 11) is -3.80. The van der Waals surface area contributed by atoms with Gasteiger partial charge < -0.3 is 16.2 Å². The summed E-state index contributed by atoms with van der Waals surface area (Å²) in [5.41, 5.74) is 5.80. The highest BCUT2D eigenvalue weighted by Crippen LogP contribution is 2.32. The van der Waals surface area contributed by atoms with E-state index in [1.54, 1.807) is 6.07 Å². The second kappa shape index (κ2) is 5.82. The van der Waals surface area contributed by atoms with Crippen LogP contribution < -0.4 is 16.2 Å². The summed E-state index contributed by atoms with van der Waals surface area (Å²) in [5, 5.41) is 18.8. The molecule has 1 aliphatic rings. The predicted octanol–water partition coefficient (Wildman–Crippen LogP) is 1.27. The first-order valence-corrected chi connectivity index (χ1v) is 8.62. The predicted molar refractivity (Wildman–Crippen MR) is 83.3 cm³/mol. The average Bonchev–Trinajstić information content (AvgIpc) is 2.34. The van der Waals surface area contributed by atoms with Gasteiger partial charge in [0.2, 0.25) is 10.0 Å². The van der Waals surface area contributed by atoms with Gasteiger partial charge >= 0.3 is 0 Å². The number of hydrogen-bond acceptors (Lipinski definition) is 5. The van der Waals surface area contributed by atoms with E-state index >= 15 is 0 Å². The summed E-state index contributed by atoms with van der Waals surface area (Å²) in [6.07, 6.45) is 3.62. The Morgan fingerprint density at radius 2 is 2.14 bits per heavy atom. The number of aliphatic hydroxyl groups is 1. The van der Waals surface area contributed by atoms with E-state index in [-0.39, 0.29) is 4.90 Å². The maximum absolute atomic E-state index is 11.4. The molecule has 1 aliphatic carbocycles. The van der Waals surface area contributed by atoms with Gasteiger partial charge in [0.05, 0.1) is 10.5 Å². The van der Waals surface area contributed by atoms with Crippen molar-refractivity contribution in [3.8, 4) is 0 Å². The van der Waals surface area contributed by atoms with Gasteiger partial charge in [-0.15, -0.1) is 0 Å². The Balaban J connectivity index is 2.11. The highest BCUT2D eigenvalue weighted by Gasteiger charge is 2.32. The lowest BCUT2D eigenvalue weighted by Crippen LogP contribution is -2.41. The van der Waals surface area contributed by atoms with Crippen molar-refractivity contribution in [2.45, 2.75) is 43.1 Å². The van der Waals surface area contributed by atoms with Crippen LogP contribution in [0.4, 0.5) is 11.4 Å². The number of benzene rings is 1. The number of nitrogens with two attached hydrogens (primary N) is 2. The number of hydrogen-bond donors (Lipinski definition) is 4. The molecule has 7 heteroatoms. The largest absolute Gasteiger partial charge is 0.399 e. The minimum atomic E-state index is -3.80. The van der Waals surface area contributed by atoms with Crippen LogP contribution in [0.3, 0.4) is 0 Å². The molecule has 0 aliphatic heterocycles. The lowest BCUT2D eigenvalue weighted by molar-refractivity contribution is -0.000764. The van der Waals surface area contributed by atoms with Crippen LogP contribution in [0.2, 0.25) is 0 Å². The van der Waals surface area contributed by atoms with Crippen molar-refractivity contribution in [1.82, 2.24) is 0 Å². The Morgan fingerprint density at radius 3 is 2.76 bits per heavy atom. The molecule has 0 heterocycles. The van der Waals surface area contributed by atoms with E-state index in [1.807, 2.05) is 0 Å². The second-order valence-electron chi connectivity index (χ2n) is 6.12. The molecule has 0 bridgehead atoms. The first-order chi connectivity index (χ1) is 9.68. The number of sulfonamides is 1. The van der Waals surface area contributed by atoms with Gasteiger partial charge in [-0.3, -0.25) is 0 Å². The van der Waals surface area contributed by atoms with E-state index in [4.69, 9.17) is 10.9 Å². The van der Waals surface area contributed by atoms with Crippen molar-refractivity contribution in [3.63, 3.8) is 0 Å². The lowest BCUT2D eigenvalue weighted by Gasteiger charge is -2.36. The second-order valence-corrected chi connectivity index (χ2v) is 7.68. The van der Waals surface area contributed by atoms with Crippen LogP contribution in [0, 0.1) is 5.92 Å². The molecule has 0 radical (unpaired) electrons. The molecular weight excluding hydrogens is 290 g/mol. The van der Waals surface area contributed by atoms with Crippen LogP contribution in [0.15, 0.2) is 23.1 Å². The maximum atomic E-state index is 11.4. The normalized spacial score (nSPS) is 26.5. The van der Waals surface area contributed by atoms with Gasteiger partial charge in [-0.05, 0) is 37.0 Å². The van der Waals surface area contributed by atoms with Gasteiger partial charge in [0.15, 0.2) is 0 Å². The zero-order chi connectivity index (χ0) is 15.7. The molecule has 6 N–H and O–H groups in total. The zero-order valence-corrected chi connectivity index (χ0v) is 13.0. The van der Waals surface area contributed by atoms with Crippen LogP contribution >= 0.6 is 0 Å². The highest BCUT2D eigenvalue weighted by atomic mass is 32.2. The van der Waals surface area contributed by atoms with Crippen LogP contribution in [0.1, 0.15) is 32.6 Å². The van der Waals surface area contributed by atoms with Crippen LogP contribution in [-0.4, -0.2) is 25.7 Å². The highest BCUT2D eigenvalue weighted by molar-refractivity contribution is 7.89. The van der Waals surface area contributed by atoms with Crippen LogP contribution in [0.5, 0.6) is 0 Å². The monoisotopic (exact) mass is 313 g/mol. The SMILES string of the molecule is CC1CCCC(O)(CNc2cc(N)cc(S(N)(=O)=O)c2)C1. The van der Waals surface area contributed by atoms with Gasteiger partial charge in [-0.1, -0.05) is 19.8 Å². The number of primary sulfonamides is 1. The first kappa shape index (κ1) is 16.1. The summed E-state index contributed by atoms with van der Waals surface area (Å²) in [6.45, 7) is 2.49. The van der Waals surface area contributed by atoms with Gasteiger partial charge in [-0.2, -0.15) is 0 Å². The van der Waals surface area contributed by atoms with Crippen molar-refractivity contribution < 1.29 is 13.5 Å². The molecule has 21 heavy (non-hydrogen) atoms. The Bertz CT molecular complexity index is 618. The third-order valence-corrected chi connectivity index (χ3v) is 4.84. The number of anilines is 2. The Labute approximate surface area is 125 Å². The maximum Gasteiger partial charge on any atom is 0.238 e. The fourth-order valence-corrected chi connectivity index (χ4v) is 3.54. The van der Waals surface area contributed by atoms with Crippen LogP contribution in [0.25, 0.3) is 0 Å². The molecular formula is C14H23N3O3S. The molecule has 1 aromatic carbocycles. The quantitative estimate of drug-likeness (QED) is 0.624. The minimum absolute atomic E-state index is 0.0333. The smallest absolute Gasteiger partial charge is 0.238 e. The third kappa shape index (κ3) is 4.33. The van der Waals surface area contributed by atoms with E-state index < -0.39 is 15.6 Å². The molecule has 6 nitrogen and oxygen atoms in total. The topological polar surface area (TPSA) is 118 Å². The molecule has 0 saturated heterocycles. The van der Waals surface area contributed by atoms with E-state index in [2.05, 4.69) is 12.2 Å². The van der Waals surface area contributed by atoms with E-state index in [0.29, 0.717) is 23.8 Å². The fourth-order valence-electron chi connectivity index (χ4n) is 2.95. The van der Waals surface area contributed by atoms with Crippen molar-refractivity contribution in [2.24, 2.45) is 11.1 Å². The summed E-state index contributed by atoms with van der Waals surface area (Å²) in [6, 6.07) is 4.38. The molecule has 118 valence electrons. The molecule has 2 atom stereocenters. The Morgan fingerprint density at radius 1 is 1.43 bits per heavy atom. The summed E-state index contributed by atoms with van der Waals surface area (Å²) >= 11 is 0. The van der Waals surface area contributed by atoms with Gasteiger partial charge in [-0.25, -0.2) is 13.6 Å². The van der Waals surface area contributed by atoms with E-state index in [1.165, 1.54) is 12.1 Å².